The summed E-state index contributed by atoms with van der Waals surface area (Å²) in [7, 11) is 0. The van der Waals surface area contributed by atoms with Crippen molar-refractivity contribution in [3.63, 3.8) is 0 Å². The molecule has 1 atom stereocenters. The van der Waals surface area contributed by atoms with Crippen molar-refractivity contribution in [2.24, 2.45) is 0 Å². The minimum absolute atomic E-state index is 0.0223. The molecule has 2 rings (SSSR count). The lowest BCUT2D eigenvalue weighted by Crippen LogP contribution is -1.98. The fraction of sp³-hybridized carbons (Fsp3) is 0.231. The summed E-state index contributed by atoms with van der Waals surface area (Å²) in [6.07, 6.45) is 3.14. The van der Waals surface area contributed by atoms with Gasteiger partial charge >= 0.3 is 0 Å². The van der Waals surface area contributed by atoms with Crippen LogP contribution >= 0.6 is 11.6 Å². The van der Waals surface area contributed by atoms with Crippen LogP contribution in [-0.2, 0) is 6.54 Å². The van der Waals surface area contributed by atoms with Gasteiger partial charge in [-0.05, 0) is 30.2 Å². The van der Waals surface area contributed by atoms with Crippen LogP contribution in [0.5, 0.6) is 0 Å². The second-order valence-electron chi connectivity index (χ2n) is 4.33. The lowest BCUT2D eigenvalue weighted by molar-refractivity contribution is -0.384. The molecule has 100 valence electrons. The van der Waals surface area contributed by atoms with E-state index in [4.69, 9.17) is 11.6 Å². The van der Waals surface area contributed by atoms with Crippen molar-refractivity contribution in [2.45, 2.75) is 19.6 Å². The molecule has 0 radical (unpaired) electrons. The topological polar surface area (TPSA) is 68.3 Å². The third-order valence-electron chi connectivity index (χ3n) is 2.86. The van der Waals surface area contributed by atoms with Crippen LogP contribution in [0.2, 0.25) is 5.02 Å². The van der Waals surface area contributed by atoms with E-state index in [2.05, 4.69) is 0 Å². The number of non-ortho nitro benzene ring substituents is 1. The number of rotatable bonds is 4. The first-order valence-corrected chi connectivity index (χ1v) is 6.11. The largest absolute Gasteiger partial charge is 0.389 e. The van der Waals surface area contributed by atoms with Gasteiger partial charge in [-0.3, -0.25) is 10.1 Å². The van der Waals surface area contributed by atoms with Gasteiger partial charge in [-0.1, -0.05) is 11.6 Å². The standard InChI is InChI=1S/C13H13ClN2O3/c1-9(17)10-4-5-15(7-10)8-11-2-3-12(16(18)19)6-13(11)14/h2-7,9,17H,8H2,1H3. The SMILES string of the molecule is CC(O)c1ccn(Cc2ccc([N+](=O)[O-])cc2Cl)c1. The summed E-state index contributed by atoms with van der Waals surface area (Å²) in [5, 5.41) is 20.4. The second kappa shape index (κ2) is 5.42. The minimum Gasteiger partial charge on any atom is -0.389 e. The van der Waals surface area contributed by atoms with Gasteiger partial charge in [-0.15, -0.1) is 0 Å². The normalized spacial score (nSPS) is 12.4. The Hall–Kier alpha value is -1.85. The molecule has 19 heavy (non-hydrogen) atoms. The molecule has 0 spiro atoms. The predicted octanol–water partition coefficient (Wildman–Crippen LogP) is 3.15. The Balaban J connectivity index is 2.20. The first-order valence-electron chi connectivity index (χ1n) is 5.74. The average Bonchev–Trinajstić information content (AvgIpc) is 2.80. The molecule has 0 aliphatic carbocycles. The highest BCUT2D eigenvalue weighted by atomic mass is 35.5. The van der Waals surface area contributed by atoms with Crippen LogP contribution in [0, 0.1) is 10.1 Å². The number of hydrogen-bond donors (Lipinski definition) is 1. The molecule has 2 aromatic rings. The van der Waals surface area contributed by atoms with Gasteiger partial charge in [0.05, 0.1) is 16.0 Å². The van der Waals surface area contributed by atoms with Gasteiger partial charge in [0.1, 0.15) is 0 Å². The second-order valence-corrected chi connectivity index (χ2v) is 4.73. The monoisotopic (exact) mass is 280 g/mol. The number of aliphatic hydroxyl groups excluding tert-OH is 1. The zero-order valence-electron chi connectivity index (χ0n) is 10.3. The van der Waals surface area contributed by atoms with E-state index in [-0.39, 0.29) is 5.69 Å². The molecule has 0 aliphatic heterocycles. The third-order valence-corrected chi connectivity index (χ3v) is 3.21. The molecule has 0 fully saturated rings. The first-order chi connectivity index (χ1) is 8.97. The molecule has 0 saturated carbocycles. The predicted molar refractivity (Wildman–Crippen MR) is 72.3 cm³/mol. The van der Waals surface area contributed by atoms with E-state index in [1.54, 1.807) is 13.0 Å². The summed E-state index contributed by atoms with van der Waals surface area (Å²) in [6.45, 7) is 2.20. The Morgan fingerprint density at radius 2 is 2.21 bits per heavy atom. The Labute approximate surface area is 115 Å². The summed E-state index contributed by atoms with van der Waals surface area (Å²) in [6, 6.07) is 6.24. The average molecular weight is 281 g/mol. The molecule has 0 amide bonds. The molecule has 0 aliphatic rings. The van der Waals surface area contributed by atoms with Gasteiger partial charge in [0, 0.05) is 31.1 Å². The Bertz CT molecular complexity index is 608. The quantitative estimate of drug-likeness (QED) is 0.691. The number of aromatic nitrogens is 1. The van der Waals surface area contributed by atoms with Crippen LogP contribution in [0.15, 0.2) is 36.7 Å². The van der Waals surface area contributed by atoms with Gasteiger partial charge in [0.2, 0.25) is 0 Å². The van der Waals surface area contributed by atoms with Crippen LogP contribution in [0.4, 0.5) is 5.69 Å². The highest BCUT2D eigenvalue weighted by Crippen LogP contribution is 2.23. The molecule has 6 heteroatoms. The van der Waals surface area contributed by atoms with E-state index in [0.717, 1.165) is 11.1 Å². The smallest absolute Gasteiger partial charge is 0.270 e. The Morgan fingerprint density at radius 1 is 1.47 bits per heavy atom. The number of benzene rings is 1. The first kappa shape index (κ1) is 13.6. The van der Waals surface area contributed by atoms with Crippen molar-refractivity contribution in [1.82, 2.24) is 4.57 Å². The maximum atomic E-state index is 10.6. The number of hydrogen-bond acceptors (Lipinski definition) is 3. The van der Waals surface area contributed by atoms with Crippen molar-refractivity contribution < 1.29 is 10.0 Å². The third kappa shape index (κ3) is 3.13. The van der Waals surface area contributed by atoms with E-state index in [1.165, 1.54) is 12.1 Å². The molecule has 0 saturated heterocycles. The highest BCUT2D eigenvalue weighted by molar-refractivity contribution is 6.31. The molecule has 1 aromatic carbocycles. The van der Waals surface area contributed by atoms with Crippen LogP contribution in [0.25, 0.3) is 0 Å². The van der Waals surface area contributed by atoms with Gasteiger partial charge in [0.25, 0.3) is 5.69 Å². The number of halogens is 1. The summed E-state index contributed by atoms with van der Waals surface area (Å²) < 4.78 is 1.87. The summed E-state index contributed by atoms with van der Waals surface area (Å²) >= 11 is 6.03. The summed E-state index contributed by atoms with van der Waals surface area (Å²) in [4.78, 5) is 10.1. The fourth-order valence-corrected chi connectivity index (χ4v) is 2.01. The van der Waals surface area contributed by atoms with E-state index >= 15 is 0 Å². The van der Waals surface area contributed by atoms with E-state index < -0.39 is 11.0 Å². The summed E-state index contributed by atoms with van der Waals surface area (Å²) in [5.41, 5.74) is 1.59. The number of nitro benzene ring substituents is 1. The molecule has 5 nitrogen and oxygen atoms in total. The lowest BCUT2D eigenvalue weighted by atomic mass is 10.2. The highest BCUT2D eigenvalue weighted by Gasteiger charge is 2.10. The molecule has 0 bridgehead atoms. The van der Waals surface area contributed by atoms with Crippen LogP contribution in [-0.4, -0.2) is 14.6 Å². The van der Waals surface area contributed by atoms with Crippen LogP contribution < -0.4 is 0 Å². The van der Waals surface area contributed by atoms with Gasteiger partial charge in [-0.25, -0.2) is 0 Å². The number of nitro groups is 1. The maximum Gasteiger partial charge on any atom is 0.270 e. The van der Waals surface area contributed by atoms with Crippen molar-refractivity contribution in [3.8, 4) is 0 Å². The zero-order valence-corrected chi connectivity index (χ0v) is 11.0. The summed E-state index contributed by atoms with van der Waals surface area (Å²) in [5.74, 6) is 0. The van der Waals surface area contributed by atoms with E-state index in [9.17, 15) is 15.2 Å². The minimum atomic E-state index is -0.520. The van der Waals surface area contributed by atoms with Crippen molar-refractivity contribution in [1.29, 1.82) is 0 Å². The van der Waals surface area contributed by atoms with Crippen molar-refractivity contribution in [2.75, 3.05) is 0 Å². The van der Waals surface area contributed by atoms with Crippen LogP contribution in [0.3, 0.4) is 0 Å². The molecule has 1 aromatic heterocycles. The van der Waals surface area contributed by atoms with Crippen molar-refractivity contribution in [3.05, 3.63) is 62.9 Å². The van der Waals surface area contributed by atoms with Crippen LogP contribution in [0.1, 0.15) is 24.2 Å². The number of nitrogens with zero attached hydrogens (tertiary/aromatic N) is 2. The fourth-order valence-electron chi connectivity index (χ4n) is 1.78. The molecule has 1 unspecified atom stereocenters. The van der Waals surface area contributed by atoms with E-state index in [0.29, 0.717) is 11.6 Å². The van der Waals surface area contributed by atoms with E-state index in [1.807, 2.05) is 23.0 Å². The van der Waals surface area contributed by atoms with Gasteiger partial charge in [0.15, 0.2) is 0 Å². The lowest BCUT2D eigenvalue weighted by Gasteiger charge is -2.06. The Morgan fingerprint density at radius 3 is 2.74 bits per heavy atom. The molecular weight excluding hydrogens is 268 g/mol. The maximum absolute atomic E-state index is 10.6. The number of aliphatic hydroxyl groups is 1. The zero-order chi connectivity index (χ0) is 14.0. The van der Waals surface area contributed by atoms with Gasteiger partial charge in [-0.2, -0.15) is 0 Å². The van der Waals surface area contributed by atoms with Gasteiger partial charge < -0.3 is 9.67 Å². The van der Waals surface area contributed by atoms with Crippen molar-refractivity contribution >= 4 is 17.3 Å². The molecular formula is C13H13ClN2O3. The molecule has 1 N–H and O–H groups in total. The Kier molecular flexibility index (Phi) is 3.87. The molecule has 1 heterocycles.